The van der Waals surface area contributed by atoms with Crippen molar-refractivity contribution >= 4 is 17.6 Å². The van der Waals surface area contributed by atoms with Crippen molar-refractivity contribution in [3.63, 3.8) is 0 Å². The number of nitrogens with zero attached hydrogens (tertiary/aromatic N) is 2. The molecule has 8 nitrogen and oxygen atoms in total. The van der Waals surface area contributed by atoms with Crippen molar-refractivity contribution in [2.75, 3.05) is 11.9 Å². The van der Waals surface area contributed by atoms with Gasteiger partial charge in [-0.1, -0.05) is 12.1 Å². The van der Waals surface area contributed by atoms with Crippen LogP contribution in [0.2, 0.25) is 0 Å². The molecule has 3 aromatic carbocycles. The number of benzene rings is 3. The number of rotatable bonds is 11. The van der Waals surface area contributed by atoms with Gasteiger partial charge >= 0.3 is 12.3 Å². The molecule has 4 rings (SSSR count). The lowest BCUT2D eigenvalue weighted by Crippen LogP contribution is -2.19. The average Bonchev–Trinajstić information content (AvgIpc) is 3.33. The first-order chi connectivity index (χ1) is 19.5. The summed E-state index contributed by atoms with van der Waals surface area (Å²) in [6.07, 6.45) is -4.54. The van der Waals surface area contributed by atoms with E-state index in [1.54, 1.807) is 24.3 Å². The molecule has 214 valence electrons. The van der Waals surface area contributed by atoms with Crippen LogP contribution in [0.3, 0.4) is 0 Å². The van der Waals surface area contributed by atoms with Crippen LogP contribution < -0.4 is 14.8 Å². The van der Waals surface area contributed by atoms with Gasteiger partial charge in [0.05, 0.1) is 18.8 Å². The fourth-order valence-electron chi connectivity index (χ4n) is 3.73. The molecule has 1 amide bonds. The van der Waals surface area contributed by atoms with Gasteiger partial charge in [-0.15, -0.1) is 13.2 Å². The second kappa shape index (κ2) is 12.5. The summed E-state index contributed by atoms with van der Waals surface area (Å²) in [5, 5.41) is 15.7. The summed E-state index contributed by atoms with van der Waals surface area (Å²) in [7, 11) is 0. The number of carbonyl (C=O) groups is 2. The number of amides is 1. The molecule has 0 unspecified atom stereocenters. The van der Waals surface area contributed by atoms with E-state index in [-0.39, 0.29) is 42.2 Å². The van der Waals surface area contributed by atoms with Crippen molar-refractivity contribution in [1.29, 1.82) is 0 Å². The van der Waals surface area contributed by atoms with Gasteiger partial charge in [-0.3, -0.25) is 14.3 Å². The number of carbonyl (C=O) groups excluding carboxylic acids is 1. The molecule has 0 aliphatic heterocycles. The van der Waals surface area contributed by atoms with E-state index in [9.17, 15) is 31.5 Å². The maximum atomic E-state index is 13.9. The molecule has 0 saturated heterocycles. The monoisotopic (exact) mass is 575 g/mol. The van der Waals surface area contributed by atoms with Gasteiger partial charge in [0, 0.05) is 17.7 Å². The first-order valence-electron chi connectivity index (χ1n) is 12.1. The van der Waals surface area contributed by atoms with Crippen molar-refractivity contribution in [2.24, 2.45) is 0 Å². The molecule has 0 radical (unpaired) electrons. The highest BCUT2D eigenvalue weighted by Gasteiger charge is 2.31. The Bertz CT molecular complexity index is 1520. The number of carboxylic acid groups (broad SMARTS) is 1. The number of ether oxygens (including phenoxy) is 2. The largest absolute Gasteiger partial charge is 0.573 e. The molecule has 1 heterocycles. The SMILES string of the molecule is O=C(O)CCCOc1ccc(Cn2nc(-c3ccc(F)c(F)c3)cc2C(=O)Nc2ccc(OC(F)(F)F)cc2)cc1. The van der Waals surface area contributed by atoms with E-state index in [4.69, 9.17) is 9.84 Å². The fraction of sp³-hybridized carbons (Fsp3) is 0.179. The highest BCUT2D eigenvalue weighted by molar-refractivity contribution is 6.03. The van der Waals surface area contributed by atoms with Crippen molar-refractivity contribution in [2.45, 2.75) is 25.7 Å². The van der Waals surface area contributed by atoms with E-state index < -0.39 is 35.6 Å². The molecule has 4 aromatic rings. The number of aromatic nitrogens is 2. The van der Waals surface area contributed by atoms with Gasteiger partial charge in [0.1, 0.15) is 17.2 Å². The van der Waals surface area contributed by atoms with Crippen molar-refractivity contribution in [3.8, 4) is 22.8 Å². The van der Waals surface area contributed by atoms with E-state index >= 15 is 0 Å². The summed E-state index contributed by atoms with van der Waals surface area (Å²) in [6, 6.07) is 15.9. The lowest BCUT2D eigenvalue weighted by molar-refractivity contribution is -0.274. The molecule has 41 heavy (non-hydrogen) atoms. The minimum absolute atomic E-state index is 0.0198. The summed E-state index contributed by atoms with van der Waals surface area (Å²) in [5.41, 5.74) is 1.31. The maximum absolute atomic E-state index is 13.9. The fourth-order valence-corrected chi connectivity index (χ4v) is 3.73. The van der Waals surface area contributed by atoms with E-state index in [1.807, 2.05) is 0 Å². The van der Waals surface area contributed by atoms with Crippen LogP contribution in [-0.4, -0.2) is 39.7 Å². The number of hydrogen-bond donors (Lipinski definition) is 2. The number of halogens is 5. The van der Waals surface area contributed by atoms with Crippen molar-refractivity contribution in [3.05, 3.63) is 95.7 Å². The lowest BCUT2D eigenvalue weighted by Gasteiger charge is -2.11. The third kappa shape index (κ3) is 8.27. The smallest absolute Gasteiger partial charge is 0.494 e. The highest BCUT2D eigenvalue weighted by atomic mass is 19.4. The number of anilines is 1. The maximum Gasteiger partial charge on any atom is 0.573 e. The van der Waals surface area contributed by atoms with Crippen LogP contribution in [0.15, 0.2) is 72.8 Å². The molecule has 0 saturated carbocycles. The molecule has 0 bridgehead atoms. The minimum Gasteiger partial charge on any atom is -0.494 e. The lowest BCUT2D eigenvalue weighted by atomic mass is 10.1. The Balaban J connectivity index is 1.55. The number of alkyl halides is 3. The zero-order chi connectivity index (χ0) is 29.6. The molecule has 0 aliphatic carbocycles. The van der Waals surface area contributed by atoms with Gasteiger partial charge in [-0.05, 0) is 72.6 Å². The van der Waals surface area contributed by atoms with Gasteiger partial charge in [0.25, 0.3) is 5.91 Å². The van der Waals surface area contributed by atoms with E-state index in [0.29, 0.717) is 17.7 Å². The van der Waals surface area contributed by atoms with Crippen LogP contribution >= 0.6 is 0 Å². The second-order valence-corrected chi connectivity index (χ2v) is 8.72. The Morgan fingerprint density at radius 2 is 1.59 bits per heavy atom. The molecule has 0 aliphatic rings. The third-order valence-corrected chi connectivity index (χ3v) is 5.63. The van der Waals surface area contributed by atoms with Crippen LogP contribution in [0, 0.1) is 11.6 Å². The van der Waals surface area contributed by atoms with Crippen molar-refractivity contribution < 1.29 is 46.1 Å². The number of hydrogen-bond acceptors (Lipinski definition) is 5. The summed E-state index contributed by atoms with van der Waals surface area (Å²) in [4.78, 5) is 23.8. The number of nitrogens with one attached hydrogen (secondary N) is 1. The Hall–Kier alpha value is -4.94. The summed E-state index contributed by atoms with van der Waals surface area (Å²) < 4.78 is 75.3. The van der Waals surface area contributed by atoms with E-state index in [2.05, 4.69) is 15.2 Å². The normalized spacial score (nSPS) is 11.2. The summed E-state index contributed by atoms with van der Waals surface area (Å²) in [6.45, 7) is 0.306. The van der Waals surface area contributed by atoms with Gasteiger partial charge in [-0.25, -0.2) is 8.78 Å². The molecular weight excluding hydrogens is 553 g/mol. The van der Waals surface area contributed by atoms with Crippen LogP contribution in [0.5, 0.6) is 11.5 Å². The average molecular weight is 575 g/mol. The molecule has 13 heteroatoms. The van der Waals surface area contributed by atoms with Crippen LogP contribution in [0.4, 0.5) is 27.6 Å². The molecule has 2 N–H and O–H groups in total. The van der Waals surface area contributed by atoms with Gasteiger partial charge in [0.15, 0.2) is 11.6 Å². The highest BCUT2D eigenvalue weighted by Crippen LogP contribution is 2.26. The molecular formula is C28H22F5N3O5. The minimum atomic E-state index is -4.86. The van der Waals surface area contributed by atoms with E-state index in [0.717, 1.165) is 24.3 Å². The molecule has 0 atom stereocenters. The van der Waals surface area contributed by atoms with E-state index in [1.165, 1.54) is 28.9 Å². The molecule has 0 fully saturated rings. The summed E-state index contributed by atoms with van der Waals surface area (Å²) in [5.74, 6) is -3.67. The van der Waals surface area contributed by atoms with Crippen molar-refractivity contribution in [1.82, 2.24) is 9.78 Å². The Labute approximate surface area is 229 Å². The topological polar surface area (TPSA) is 103 Å². The first kappa shape index (κ1) is 29.1. The quantitative estimate of drug-likeness (QED) is 0.161. The standard InChI is InChI=1S/C28H22F5N3O5/c29-22-12-5-18(14-23(22)30)24-15-25(27(39)34-19-6-10-21(11-7-19)41-28(31,32)33)36(35-24)16-17-3-8-20(9-4-17)40-13-1-2-26(37)38/h3-12,14-15H,1-2,13,16H2,(H,34,39)(H,37,38). The number of carboxylic acids is 1. The predicted octanol–water partition coefficient (Wildman–Crippen LogP) is 6.27. The van der Waals surface area contributed by atoms with Crippen LogP contribution in [0.1, 0.15) is 28.9 Å². The Kier molecular flexibility index (Phi) is 8.85. The third-order valence-electron chi connectivity index (χ3n) is 5.63. The predicted molar refractivity (Wildman–Crippen MR) is 137 cm³/mol. The Morgan fingerprint density at radius 3 is 2.22 bits per heavy atom. The number of aliphatic carboxylic acids is 1. The zero-order valence-electron chi connectivity index (χ0n) is 21.1. The molecule has 0 spiro atoms. The first-order valence-corrected chi connectivity index (χ1v) is 12.1. The van der Waals surface area contributed by atoms with Gasteiger partial charge in [-0.2, -0.15) is 5.10 Å². The van der Waals surface area contributed by atoms with Crippen LogP contribution in [-0.2, 0) is 11.3 Å². The Morgan fingerprint density at radius 1 is 0.902 bits per heavy atom. The van der Waals surface area contributed by atoms with Gasteiger partial charge < -0.3 is 19.9 Å². The second-order valence-electron chi connectivity index (χ2n) is 8.72. The van der Waals surface area contributed by atoms with Crippen LogP contribution in [0.25, 0.3) is 11.3 Å². The van der Waals surface area contributed by atoms with Gasteiger partial charge in [0.2, 0.25) is 0 Å². The molecule has 1 aromatic heterocycles. The summed E-state index contributed by atoms with van der Waals surface area (Å²) >= 11 is 0. The zero-order valence-corrected chi connectivity index (χ0v) is 21.1.